The van der Waals surface area contributed by atoms with Crippen LogP contribution in [-0.4, -0.2) is 41.7 Å². The number of rotatable bonds is 14. The Morgan fingerprint density at radius 3 is 1.83 bits per heavy atom. The average Bonchev–Trinajstić information content (AvgIpc) is 2.57. The van der Waals surface area contributed by atoms with Gasteiger partial charge in [-0.2, -0.15) is 0 Å². The van der Waals surface area contributed by atoms with Crippen LogP contribution in [0.4, 0.5) is 0 Å². The lowest BCUT2D eigenvalue weighted by molar-refractivity contribution is -0.138. The highest BCUT2D eigenvalue weighted by Crippen LogP contribution is 2.23. The second-order valence-electron chi connectivity index (χ2n) is 5.23. The van der Waals surface area contributed by atoms with E-state index in [0.29, 0.717) is 19.1 Å². The zero-order chi connectivity index (χ0) is 17.5. The van der Waals surface area contributed by atoms with Gasteiger partial charge in [0.1, 0.15) is 0 Å². The van der Waals surface area contributed by atoms with Gasteiger partial charge in [-0.05, 0) is 38.0 Å². The fraction of sp³-hybridized carbons (Fsp3) is 0.647. The summed E-state index contributed by atoms with van der Waals surface area (Å²) in [6.45, 7) is 9.57. The Morgan fingerprint density at radius 2 is 1.48 bits per heavy atom. The van der Waals surface area contributed by atoms with Gasteiger partial charge in [-0.3, -0.25) is 0 Å². The molecule has 0 saturated heterocycles. The van der Waals surface area contributed by atoms with E-state index in [9.17, 15) is 9.59 Å². The molecule has 0 aliphatic heterocycles. The Labute approximate surface area is 142 Å². The van der Waals surface area contributed by atoms with Crippen molar-refractivity contribution in [2.45, 2.75) is 51.6 Å². The molecule has 0 spiro atoms. The maximum Gasteiger partial charge on any atom is 0.330 e. The highest BCUT2D eigenvalue weighted by molar-refractivity contribution is 5.98. The van der Waals surface area contributed by atoms with Crippen molar-refractivity contribution in [3.63, 3.8) is 0 Å². The van der Waals surface area contributed by atoms with Crippen molar-refractivity contribution in [1.82, 2.24) is 0 Å². The molecule has 0 aliphatic carbocycles. The zero-order valence-corrected chi connectivity index (χ0v) is 14.9. The summed E-state index contributed by atoms with van der Waals surface area (Å²) in [4.78, 5) is 22.0. The highest BCUT2D eigenvalue weighted by atomic mass is 28.2. The van der Waals surface area contributed by atoms with Gasteiger partial charge in [0.05, 0.1) is 13.2 Å². The lowest BCUT2D eigenvalue weighted by atomic mass is 9.90. The smallest absolute Gasteiger partial charge is 0.330 e. The second kappa shape index (κ2) is 14.2. The van der Waals surface area contributed by atoms with E-state index in [2.05, 4.69) is 30.6 Å². The van der Waals surface area contributed by atoms with Crippen LogP contribution in [-0.2, 0) is 23.5 Å². The van der Waals surface area contributed by atoms with E-state index < -0.39 is 11.9 Å². The molecule has 1 unspecified atom stereocenters. The Hall–Kier alpha value is -1.40. The minimum Gasteiger partial charge on any atom is -0.463 e. The molecule has 0 aromatic rings. The molecule has 0 heterocycles. The molecule has 0 fully saturated rings. The molecule has 0 bridgehead atoms. The summed E-state index contributed by atoms with van der Waals surface area (Å²) in [5.74, 6) is -0.504. The normalized spacial score (nSPS) is 11.8. The third-order valence-electron chi connectivity index (χ3n) is 3.51. The second-order valence-corrected chi connectivity index (χ2v) is 5.47. The lowest BCUT2D eigenvalue weighted by Crippen LogP contribution is -2.24. The van der Waals surface area contributed by atoms with Crippen LogP contribution in [0.1, 0.15) is 45.4 Å². The first kappa shape index (κ1) is 21.6. The number of carbonyl (C=O) groups is 2. The summed E-state index contributed by atoms with van der Waals surface area (Å²) in [7, 11) is 3.16. The van der Waals surface area contributed by atoms with E-state index in [0.717, 1.165) is 50.7 Å². The minimum absolute atomic E-state index is 0.0851. The SMILES string of the molecule is C=CC(=O)OCCCC(CCCOC(=O)C=C)C(CCC)O[Si]. The number of hydrogen-bond donors (Lipinski definition) is 0. The molecule has 0 amide bonds. The number of carbonyl (C=O) groups excluding carboxylic acids is 2. The molecule has 0 rings (SSSR count). The van der Waals surface area contributed by atoms with Crippen LogP contribution in [0.5, 0.6) is 0 Å². The first-order valence-electron chi connectivity index (χ1n) is 7.99. The van der Waals surface area contributed by atoms with E-state index in [1.807, 2.05) is 0 Å². The topological polar surface area (TPSA) is 61.8 Å². The Morgan fingerprint density at radius 1 is 1.00 bits per heavy atom. The largest absolute Gasteiger partial charge is 0.463 e. The quantitative estimate of drug-likeness (QED) is 0.211. The molecule has 0 aromatic carbocycles. The van der Waals surface area contributed by atoms with Crippen LogP contribution in [0, 0.1) is 5.92 Å². The van der Waals surface area contributed by atoms with Crippen molar-refractivity contribution in [3.05, 3.63) is 25.3 Å². The zero-order valence-electron chi connectivity index (χ0n) is 13.9. The maximum absolute atomic E-state index is 11.0. The van der Waals surface area contributed by atoms with Gasteiger partial charge in [-0.15, -0.1) is 0 Å². The third kappa shape index (κ3) is 10.9. The Bertz CT molecular complexity index is 342. The molecule has 1 atom stereocenters. The third-order valence-corrected chi connectivity index (χ3v) is 3.81. The van der Waals surface area contributed by atoms with E-state index >= 15 is 0 Å². The van der Waals surface area contributed by atoms with Gasteiger partial charge < -0.3 is 13.9 Å². The van der Waals surface area contributed by atoms with Crippen LogP contribution in [0.3, 0.4) is 0 Å². The van der Waals surface area contributed by atoms with Crippen molar-refractivity contribution in [1.29, 1.82) is 0 Å². The lowest BCUT2D eigenvalue weighted by Gasteiger charge is -2.26. The molecule has 0 aliphatic rings. The standard InChI is InChI=1S/C17H27O5Si/c1-4-9-15(22-23)14(10-7-12-20-16(18)5-2)11-8-13-21-17(19)6-3/h5-6,14-15H,2-4,7-13H2,1H3. The van der Waals surface area contributed by atoms with Crippen molar-refractivity contribution < 1.29 is 23.5 Å². The van der Waals surface area contributed by atoms with Gasteiger partial charge in [0.25, 0.3) is 0 Å². The van der Waals surface area contributed by atoms with Gasteiger partial charge in [-0.25, -0.2) is 9.59 Å². The summed E-state index contributed by atoms with van der Waals surface area (Å²) in [5, 5.41) is 0. The summed E-state index contributed by atoms with van der Waals surface area (Å²) in [6.07, 6.45) is 7.61. The predicted octanol–water partition coefficient (Wildman–Crippen LogP) is 2.89. The number of hydrogen-bond acceptors (Lipinski definition) is 5. The maximum atomic E-state index is 11.0. The Balaban J connectivity index is 4.26. The van der Waals surface area contributed by atoms with E-state index in [4.69, 9.17) is 13.9 Å². The van der Waals surface area contributed by atoms with Crippen molar-refractivity contribution in [2.24, 2.45) is 5.92 Å². The summed E-state index contributed by atoms with van der Waals surface area (Å²) in [5.41, 5.74) is 0. The fourth-order valence-electron chi connectivity index (χ4n) is 2.35. The summed E-state index contributed by atoms with van der Waals surface area (Å²) < 4.78 is 15.4. The molecule has 5 nitrogen and oxygen atoms in total. The molecule has 129 valence electrons. The molecule has 0 saturated carbocycles. The van der Waals surface area contributed by atoms with Crippen LogP contribution in [0.25, 0.3) is 0 Å². The molecule has 0 aromatic heterocycles. The van der Waals surface area contributed by atoms with Crippen molar-refractivity contribution in [3.8, 4) is 0 Å². The van der Waals surface area contributed by atoms with Gasteiger partial charge in [0.2, 0.25) is 10.5 Å². The first-order valence-corrected chi connectivity index (χ1v) is 8.40. The van der Waals surface area contributed by atoms with Gasteiger partial charge in [0.15, 0.2) is 0 Å². The minimum atomic E-state index is -0.403. The van der Waals surface area contributed by atoms with Crippen molar-refractivity contribution in [2.75, 3.05) is 13.2 Å². The molecular formula is C17H27O5Si. The van der Waals surface area contributed by atoms with Crippen molar-refractivity contribution >= 4 is 22.4 Å². The average molecular weight is 339 g/mol. The van der Waals surface area contributed by atoms with E-state index in [1.54, 1.807) is 0 Å². The van der Waals surface area contributed by atoms with Crippen LogP contribution in [0.2, 0.25) is 0 Å². The van der Waals surface area contributed by atoms with Crippen LogP contribution in [0.15, 0.2) is 25.3 Å². The number of esters is 2. The fourth-order valence-corrected chi connectivity index (χ4v) is 2.66. The Kier molecular flexibility index (Phi) is 13.3. The summed E-state index contributed by atoms with van der Waals surface area (Å²) in [6, 6.07) is 0. The number of ether oxygens (including phenoxy) is 2. The molecule has 0 N–H and O–H groups in total. The van der Waals surface area contributed by atoms with Gasteiger partial charge in [-0.1, -0.05) is 26.5 Å². The van der Waals surface area contributed by atoms with Crippen LogP contribution < -0.4 is 0 Å². The monoisotopic (exact) mass is 339 g/mol. The molecule has 23 heavy (non-hydrogen) atoms. The van der Waals surface area contributed by atoms with Crippen LogP contribution >= 0.6 is 0 Å². The molecular weight excluding hydrogens is 312 g/mol. The van der Waals surface area contributed by atoms with Gasteiger partial charge in [0, 0.05) is 18.3 Å². The van der Waals surface area contributed by atoms with Gasteiger partial charge >= 0.3 is 11.9 Å². The van der Waals surface area contributed by atoms with E-state index in [-0.39, 0.29) is 6.10 Å². The predicted molar refractivity (Wildman–Crippen MR) is 89.8 cm³/mol. The highest BCUT2D eigenvalue weighted by Gasteiger charge is 2.20. The summed E-state index contributed by atoms with van der Waals surface area (Å²) >= 11 is 0. The van der Waals surface area contributed by atoms with E-state index in [1.165, 1.54) is 0 Å². The molecule has 3 radical (unpaired) electrons. The first-order chi connectivity index (χ1) is 11.1. The molecule has 6 heteroatoms.